The maximum atomic E-state index is 11.8. The van der Waals surface area contributed by atoms with E-state index in [0.717, 1.165) is 63.7 Å². The highest BCUT2D eigenvalue weighted by Crippen LogP contribution is 2.16. The molecule has 1 aromatic rings. The van der Waals surface area contributed by atoms with Gasteiger partial charge in [0.25, 0.3) is 5.56 Å². The molecular formula is C18H31IN4O2. The van der Waals surface area contributed by atoms with Gasteiger partial charge in [-0.05, 0) is 32.3 Å². The van der Waals surface area contributed by atoms with Crippen molar-refractivity contribution >= 4 is 29.9 Å². The first-order valence-electron chi connectivity index (χ1n) is 8.76. The van der Waals surface area contributed by atoms with Crippen molar-refractivity contribution in [2.75, 3.05) is 40.4 Å². The number of hydrogen-bond donors (Lipinski definition) is 1. The average Bonchev–Trinajstić information content (AvgIpc) is 3.02. The van der Waals surface area contributed by atoms with E-state index in [1.165, 1.54) is 0 Å². The van der Waals surface area contributed by atoms with Gasteiger partial charge in [0.1, 0.15) is 0 Å². The summed E-state index contributed by atoms with van der Waals surface area (Å²) in [4.78, 5) is 18.5. The van der Waals surface area contributed by atoms with E-state index in [0.29, 0.717) is 5.92 Å². The topological polar surface area (TPSA) is 58.9 Å². The van der Waals surface area contributed by atoms with Crippen LogP contribution in [0.5, 0.6) is 0 Å². The number of aliphatic imine (C=N–C) groups is 1. The summed E-state index contributed by atoms with van der Waals surface area (Å²) in [6.07, 6.45) is 3.14. The molecule has 1 aromatic heterocycles. The summed E-state index contributed by atoms with van der Waals surface area (Å²) in [5.41, 5.74) is 1.10. The lowest BCUT2D eigenvalue weighted by atomic mass is 10.1. The van der Waals surface area contributed by atoms with Crippen molar-refractivity contribution in [1.82, 2.24) is 14.8 Å². The molecule has 1 atom stereocenters. The van der Waals surface area contributed by atoms with Gasteiger partial charge >= 0.3 is 0 Å². The predicted molar refractivity (Wildman–Crippen MR) is 113 cm³/mol. The van der Waals surface area contributed by atoms with E-state index in [2.05, 4.69) is 15.2 Å². The molecular weight excluding hydrogens is 431 g/mol. The van der Waals surface area contributed by atoms with Crippen LogP contribution in [0, 0.1) is 12.8 Å². The second-order valence-corrected chi connectivity index (χ2v) is 6.39. The van der Waals surface area contributed by atoms with Crippen LogP contribution in [0.2, 0.25) is 0 Å². The Morgan fingerprint density at radius 1 is 1.40 bits per heavy atom. The Hall–Kier alpha value is -1.09. The highest BCUT2D eigenvalue weighted by Gasteiger charge is 2.24. The first kappa shape index (κ1) is 22.0. The minimum absolute atomic E-state index is 0. The summed E-state index contributed by atoms with van der Waals surface area (Å²) in [7, 11) is 3.59. The van der Waals surface area contributed by atoms with Crippen LogP contribution in [0.25, 0.3) is 0 Å². The van der Waals surface area contributed by atoms with Crippen molar-refractivity contribution in [2.45, 2.75) is 32.7 Å². The Bertz CT molecular complexity index is 603. The van der Waals surface area contributed by atoms with E-state index < -0.39 is 0 Å². The minimum Gasteiger partial charge on any atom is -0.384 e. The zero-order chi connectivity index (χ0) is 17.4. The van der Waals surface area contributed by atoms with Gasteiger partial charge in [-0.2, -0.15) is 0 Å². The molecule has 25 heavy (non-hydrogen) atoms. The van der Waals surface area contributed by atoms with Crippen LogP contribution in [0.4, 0.5) is 0 Å². The number of aryl methyl sites for hydroxylation is 1. The number of hydrogen-bond acceptors (Lipinski definition) is 3. The van der Waals surface area contributed by atoms with Gasteiger partial charge in [-0.15, -0.1) is 24.0 Å². The number of nitrogens with one attached hydrogen (secondary N) is 1. The lowest BCUT2D eigenvalue weighted by Crippen LogP contribution is -2.40. The molecule has 0 bridgehead atoms. The number of unbranched alkanes of at least 4 members (excludes halogenated alkanes) is 1. The quantitative estimate of drug-likeness (QED) is 0.292. The van der Waals surface area contributed by atoms with Crippen molar-refractivity contribution < 1.29 is 4.74 Å². The number of pyridine rings is 1. The fourth-order valence-corrected chi connectivity index (χ4v) is 3.23. The van der Waals surface area contributed by atoms with E-state index in [-0.39, 0.29) is 29.5 Å². The number of guanidine groups is 1. The smallest absolute Gasteiger partial charge is 0.250 e. The van der Waals surface area contributed by atoms with Gasteiger partial charge in [0.2, 0.25) is 0 Å². The van der Waals surface area contributed by atoms with E-state index >= 15 is 0 Å². The summed E-state index contributed by atoms with van der Waals surface area (Å²) in [6, 6.07) is 5.41. The lowest BCUT2D eigenvalue weighted by Gasteiger charge is -2.21. The summed E-state index contributed by atoms with van der Waals surface area (Å²) >= 11 is 0. The fraction of sp³-hybridized carbons (Fsp3) is 0.667. The van der Waals surface area contributed by atoms with Gasteiger partial charge in [0, 0.05) is 58.0 Å². The molecule has 2 heterocycles. The fourth-order valence-electron chi connectivity index (χ4n) is 3.23. The van der Waals surface area contributed by atoms with E-state index in [1.54, 1.807) is 13.2 Å². The third-order valence-corrected chi connectivity index (χ3v) is 4.56. The molecule has 0 radical (unpaired) electrons. The van der Waals surface area contributed by atoms with Crippen molar-refractivity contribution in [2.24, 2.45) is 10.9 Å². The summed E-state index contributed by atoms with van der Waals surface area (Å²) < 4.78 is 7.09. The molecule has 6 nitrogen and oxygen atoms in total. The van der Waals surface area contributed by atoms with E-state index in [4.69, 9.17) is 4.74 Å². The molecule has 0 aromatic carbocycles. The van der Waals surface area contributed by atoms with Gasteiger partial charge in [-0.25, -0.2) is 0 Å². The standard InChI is InChI=1S/C18H30N4O2.HI/c1-15-7-6-8-17(23)22(15)11-5-4-10-20-18(19-2)21-12-9-16(13-21)14-24-3;/h6-8,16H,4-5,9-14H2,1-3H3,(H,19,20);1H. The highest BCUT2D eigenvalue weighted by molar-refractivity contribution is 14.0. The second-order valence-electron chi connectivity index (χ2n) is 6.39. The molecule has 7 heteroatoms. The first-order valence-corrected chi connectivity index (χ1v) is 8.76. The van der Waals surface area contributed by atoms with Crippen LogP contribution in [0.15, 0.2) is 28.0 Å². The zero-order valence-corrected chi connectivity index (χ0v) is 17.9. The number of nitrogens with zero attached hydrogens (tertiary/aromatic N) is 3. The number of aromatic nitrogens is 1. The van der Waals surface area contributed by atoms with Gasteiger partial charge < -0.3 is 19.5 Å². The van der Waals surface area contributed by atoms with Crippen LogP contribution < -0.4 is 10.9 Å². The number of rotatable bonds is 7. The Labute approximate surface area is 167 Å². The summed E-state index contributed by atoms with van der Waals surface area (Å²) in [6.45, 7) is 6.48. The van der Waals surface area contributed by atoms with Gasteiger partial charge in [-0.3, -0.25) is 9.79 Å². The van der Waals surface area contributed by atoms with Gasteiger partial charge in [0.15, 0.2) is 5.96 Å². The predicted octanol–water partition coefficient (Wildman–Crippen LogP) is 2.10. The Morgan fingerprint density at radius 2 is 2.20 bits per heavy atom. The highest BCUT2D eigenvalue weighted by atomic mass is 127. The van der Waals surface area contributed by atoms with Crippen LogP contribution in [-0.2, 0) is 11.3 Å². The zero-order valence-electron chi connectivity index (χ0n) is 15.5. The number of halogens is 1. The van der Waals surface area contributed by atoms with Crippen molar-refractivity contribution in [1.29, 1.82) is 0 Å². The van der Waals surface area contributed by atoms with E-state index in [9.17, 15) is 4.79 Å². The van der Waals surface area contributed by atoms with Crippen molar-refractivity contribution in [3.05, 3.63) is 34.2 Å². The average molecular weight is 462 g/mol. The molecule has 0 amide bonds. The number of likely N-dealkylation sites (tertiary alicyclic amines) is 1. The molecule has 1 aliphatic rings. The van der Waals surface area contributed by atoms with Crippen LogP contribution in [0.3, 0.4) is 0 Å². The molecule has 1 aliphatic heterocycles. The molecule has 0 saturated carbocycles. The molecule has 1 saturated heterocycles. The lowest BCUT2D eigenvalue weighted by molar-refractivity contribution is 0.157. The maximum Gasteiger partial charge on any atom is 0.250 e. The maximum absolute atomic E-state index is 11.8. The number of methoxy groups -OCH3 is 1. The monoisotopic (exact) mass is 462 g/mol. The SMILES string of the molecule is CN=C(NCCCCn1c(C)cccc1=O)N1CCC(COC)C1.I. The van der Waals surface area contributed by atoms with Gasteiger partial charge in [-0.1, -0.05) is 6.07 Å². The molecule has 0 spiro atoms. The molecule has 1 N–H and O–H groups in total. The van der Waals surface area contributed by atoms with E-state index in [1.807, 2.05) is 30.7 Å². The van der Waals surface area contributed by atoms with Crippen LogP contribution in [-0.4, -0.2) is 55.8 Å². The Morgan fingerprint density at radius 3 is 2.88 bits per heavy atom. The molecule has 0 aliphatic carbocycles. The number of ether oxygens (including phenoxy) is 1. The normalized spacial score (nSPS) is 17.5. The molecule has 1 unspecified atom stereocenters. The van der Waals surface area contributed by atoms with Crippen LogP contribution in [0.1, 0.15) is 25.0 Å². The van der Waals surface area contributed by atoms with Crippen LogP contribution >= 0.6 is 24.0 Å². The van der Waals surface area contributed by atoms with Gasteiger partial charge in [0.05, 0.1) is 6.61 Å². The molecule has 142 valence electrons. The molecule has 1 fully saturated rings. The third-order valence-electron chi connectivity index (χ3n) is 4.56. The van der Waals surface area contributed by atoms with Crippen molar-refractivity contribution in [3.8, 4) is 0 Å². The summed E-state index contributed by atoms with van der Waals surface area (Å²) in [5.74, 6) is 1.57. The largest absolute Gasteiger partial charge is 0.384 e. The second kappa shape index (κ2) is 11.5. The molecule has 2 rings (SSSR count). The Balaban J connectivity index is 0.00000312. The summed E-state index contributed by atoms with van der Waals surface area (Å²) in [5, 5.41) is 3.44. The third kappa shape index (κ3) is 6.62. The first-order chi connectivity index (χ1) is 11.7. The Kier molecular flexibility index (Phi) is 10.1. The van der Waals surface area contributed by atoms with Crippen molar-refractivity contribution in [3.63, 3.8) is 0 Å². The minimum atomic E-state index is 0.